The number of amides is 1. The Morgan fingerprint density at radius 2 is 1.66 bits per heavy atom. The van der Waals surface area contributed by atoms with E-state index in [0.29, 0.717) is 29.8 Å². The molecule has 2 heterocycles. The summed E-state index contributed by atoms with van der Waals surface area (Å²) in [4.78, 5) is 18.0. The van der Waals surface area contributed by atoms with Crippen molar-refractivity contribution >= 4 is 5.91 Å². The fraction of sp³-hybridized carbons (Fsp3) is 0.441. The topological polar surface area (TPSA) is 47.6 Å². The second-order valence-corrected chi connectivity index (χ2v) is 12.5. The lowest BCUT2D eigenvalue weighted by Gasteiger charge is -2.39. The van der Waals surface area contributed by atoms with Crippen LogP contribution in [-0.2, 0) is 19.6 Å². The molecule has 1 unspecified atom stereocenters. The predicted octanol–water partition coefficient (Wildman–Crippen LogP) is 4.50. The van der Waals surface area contributed by atoms with E-state index >= 15 is 0 Å². The third-order valence-electron chi connectivity index (χ3n) is 8.91. The van der Waals surface area contributed by atoms with Crippen LogP contribution in [0, 0.1) is 5.82 Å². The van der Waals surface area contributed by atoms with Crippen molar-refractivity contribution < 1.29 is 13.7 Å². The lowest BCUT2D eigenvalue weighted by molar-refractivity contribution is -0.894. The van der Waals surface area contributed by atoms with Gasteiger partial charge in [-0.2, -0.15) is 0 Å². The number of carbonyl (C=O) groups is 1. The molecule has 218 valence electrons. The van der Waals surface area contributed by atoms with Crippen molar-refractivity contribution in [3.05, 3.63) is 94.8 Å². The molecular weight excluding hydrogens is 513 g/mol. The monoisotopic (exact) mass is 558 g/mol. The number of hydrogen-bond donors (Lipinski definition) is 2. The van der Waals surface area contributed by atoms with E-state index in [9.17, 15) is 9.18 Å². The highest BCUT2D eigenvalue weighted by atomic mass is 19.1. The van der Waals surface area contributed by atoms with Crippen molar-refractivity contribution in [2.24, 2.45) is 0 Å². The van der Waals surface area contributed by atoms with E-state index in [1.807, 2.05) is 36.4 Å². The van der Waals surface area contributed by atoms with E-state index in [2.05, 4.69) is 66.6 Å². The highest BCUT2D eigenvalue weighted by molar-refractivity contribution is 5.94. The number of hydrogen-bond acceptors (Lipinski definition) is 4. The summed E-state index contributed by atoms with van der Waals surface area (Å²) in [6.45, 7) is 12.9. The molecule has 0 radical (unpaired) electrons. The summed E-state index contributed by atoms with van der Waals surface area (Å²) in [6, 6.07) is 22.1. The van der Waals surface area contributed by atoms with Crippen molar-refractivity contribution in [1.29, 1.82) is 0 Å². The second kappa shape index (κ2) is 12.8. The van der Waals surface area contributed by atoms with Crippen LogP contribution < -0.4 is 10.6 Å². The zero-order valence-electron chi connectivity index (χ0n) is 25.0. The number of halogens is 1. The van der Waals surface area contributed by atoms with E-state index in [1.165, 1.54) is 11.6 Å². The van der Waals surface area contributed by atoms with Crippen LogP contribution >= 0.6 is 0 Å². The third-order valence-corrected chi connectivity index (χ3v) is 8.91. The van der Waals surface area contributed by atoms with Gasteiger partial charge in [0.2, 0.25) is 0 Å². The summed E-state index contributed by atoms with van der Waals surface area (Å²) in [7, 11) is 4.55. The van der Waals surface area contributed by atoms with Crippen molar-refractivity contribution in [2.75, 3.05) is 53.4 Å². The Kier molecular flexibility index (Phi) is 9.19. The normalized spacial score (nSPS) is 21.5. The van der Waals surface area contributed by atoms with Gasteiger partial charge in [0.25, 0.3) is 5.91 Å². The van der Waals surface area contributed by atoms with Gasteiger partial charge in [-0.3, -0.25) is 14.6 Å². The molecule has 2 atom stereocenters. The molecule has 2 aliphatic heterocycles. The first-order chi connectivity index (χ1) is 19.7. The molecule has 2 aliphatic rings. The van der Waals surface area contributed by atoms with Crippen molar-refractivity contribution in [3.8, 4) is 11.1 Å². The van der Waals surface area contributed by atoms with Gasteiger partial charge in [-0.25, -0.2) is 4.39 Å². The van der Waals surface area contributed by atoms with Gasteiger partial charge in [-0.05, 0) is 66.4 Å². The molecule has 6 nitrogen and oxygen atoms in total. The summed E-state index contributed by atoms with van der Waals surface area (Å²) in [5.74, 6) is -0.371. The molecule has 0 bridgehead atoms. The maximum absolute atomic E-state index is 15.0. The van der Waals surface area contributed by atoms with Gasteiger partial charge in [-0.1, -0.05) is 36.4 Å². The molecule has 0 aromatic heterocycles. The summed E-state index contributed by atoms with van der Waals surface area (Å²) < 4.78 is 16.1. The molecule has 2 saturated heterocycles. The Hall–Kier alpha value is -3.10. The van der Waals surface area contributed by atoms with E-state index in [4.69, 9.17) is 0 Å². The van der Waals surface area contributed by atoms with Gasteiger partial charge in [0.05, 0.1) is 27.2 Å². The van der Waals surface area contributed by atoms with E-state index in [-0.39, 0.29) is 11.7 Å². The van der Waals surface area contributed by atoms with Gasteiger partial charge in [0.15, 0.2) is 0 Å². The summed E-state index contributed by atoms with van der Waals surface area (Å²) in [5, 5.41) is 6.57. The minimum Gasteiger partial charge on any atom is -0.348 e. The first kappa shape index (κ1) is 29.4. The number of nitrogens with one attached hydrogen (secondary N) is 2. The number of quaternary nitrogens is 1. The lowest BCUT2D eigenvalue weighted by atomic mass is 9.99. The van der Waals surface area contributed by atoms with Crippen LogP contribution in [0.2, 0.25) is 0 Å². The Morgan fingerprint density at radius 1 is 0.927 bits per heavy atom. The molecule has 5 rings (SSSR count). The predicted molar refractivity (Wildman–Crippen MR) is 164 cm³/mol. The molecule has 41 heavy (non-hydrogen) atoms. The largest absolute Gasteiger partial charge is 0.348 e. The van der Waals surface area contributed by atoms with Crippen LogP contribution in [0.5, 0.6) is 0 Å². The number of benzene rings is 3. The molecule has 7 heteroatoms. The molecule has 3 aromatic rings. The van der Waals surface area contributed by atoms with Crippen molar-refractivity contribution in [2.45, 2.75) is 45.6 Å². The highest BCUT2D eigenvalue weighted by Gasteiger charge is 2.25. The number of likely N-dealkylation sites (N-methyl/N-ethyl adjacent to an activating group) is 1. The van der Waals surface area contributed by atoms with Gasteiger partial charge >= 0.3 is 0 Å². The van der Waals surface area contributed by atoms with Gasteiger partial charge in [-0.15, -0.1) is 0 Å². The molecule has 0 spiro atoms. The number of piperazine rings is 2. The summed E-state index contributed by atoms with van der Waals surface area (Å²) >= 11 is 0. The SMILES string of the molecule is CC1[C@H](C)NCCN1Cc1cccc(-c2cc(CNC(=O)c3cccc(CN4CC[N+](C)(C)CC4)c3)ccc2F)c1. The van der Waals surface area contributed by atoms with E-state index in [0.717, 1.165) is 73.5 Å². The molecule has 2 fully saturated rings. The first-order valence-electron chi connectivity index (χ1n) is 14.9. The molecule has 3 aromatic carbocycles. The van der Waals surface area contributed by atoms with Crippen molar-refractivity contribution in [1.82, 2.24) is 20.4 Å². The average Bonchev–Trinajstić information content (AvgIpc) is 2.96. The Labute approximate surface area is 244 Å². The van der Waals surface area contributed by atoms with Crippen LogP contribution in [0.25, 0.3) is 11.1 Å². The zero-order chi connectivity index (χ0) is 29.0. The highest BCUT2D eigenvalue weighted by Crippen LogP contribution is 2.26. The van der Waals surface area contributed by atoms with Crippen molar-refractivity contribution in [3.63, 3.8) is 0 Å². The standard InChI is InChI=1S/C34H44FN5O/c1-25-26(2)39(14-13-36-25)24-29-8-5-9-30(19-29)32-21-27(11-12-33(32)35)22-37-34(41)31-10-6-7-28(20-31)23-38-15-17-40(3,4)18-16-38/h5-12,19-21,25-26,36H,13-18,22-24H2,1-4H3/p+1/t25-,26?/m0/s1. The fourth-order valence-electron chi connectivity index (χ4n) is 5.88. The summed E-state index contributed by atoms with van der Waals surface area (Å²) in [5.41, 5.74) is 5.27. The smallest absolute Gasteiger partial charge is 0.251 e. The van der Waals surface area contributed by atoms with E-state index < -0.39 is 0 Å². The van der Waals surface area contributed by atoms with Crippen LogP contribution in [0.1, 0.15) is 40.9 Å². The van der Waals surface area contributed by atoms with Gasteiger partial charge in [0, 0.05) is 69.0 Å². The van der Waals surface area contributed by atoms with Crippen LogP contribution in [0.15, 0.2) is 66.7 Å². The van der Waals surface area contributed by atoms with Gasteiger partial charge in [0.1, 0.15) is 5.82 Å². The zero-order valence-corrected chi connectivity index (χ0v) is 25.0. The second-order valence-electron chi connectivity index (χ2n) is 12.5. The maximum Gasteiger partial charge on any atom is 0.251 e. The third kappa shape index (κ3) is 7.60. The fourth-order valence-corrected chi connectivity index (χ4v) is 5.88. The molecule has 0 saturated carbocycles. The Balaban J connectivity index is 1.22. The van der Waals surface area contributed by atoms with Crippen LogP contribution in [0.3, 0.4) is 0 Å². The molecule has 1 amide bonds. The molecule has 0 aliphatic carbocycles. The van der Waals surface area contributed by atoms with Crippen LogP contribution in [-0.4, -0.2) is 85.6 Å². The quantitative estimate of drug-likeness (QED) is 0.400. The lowest BCUT2D eigenvalue weighted by Crippen LogP contribution is -2.54. The Bertz CT molecular complexity index is 1350. The maximum atomic E-state index is 15.0. The minimum absolute atomic E-state index is 0.115. The Morgan fingerprint density at radius 3 is 2.44 bits per heavy atom. The number of nitrogens with zero attached hydrogens (tertiary/aromatic N) is 3. The van der Waals surface area contributed by atoms with Gasteiger partial charge < -0.3 is 15.1 Å². The van der Waals surface area contributed by atoms with E-state index in [1.54, 1.807) is 6.07 Å². The average molecular weight is 559 g/mol. The minimum atomic E-state index is -0.256. The molecule has 2 N–H and O–H groups in total. The summed E-state index contributed by atoms with van der Waals surface area (Å²) in [6.07, 6.45) is 0. The number of rotatable bonds is 8. The molecular formula is C34H45FN5O+. The van der Waals surface area contributed by atoms with Crippen LogP contribution in [0.4, 0.5) is 4.39 Å². The first-order valence-corrected chi connectivity index (χ1v) is 14.9. The number of carbonyl (C=O) groups excluding carboxylic acids is 1.